The van der Waals surface area contributed by atoms with Gasteiger partial charge in [0, 0.05) is 30.5 Å². The zero-order chi connectivity index (χ0) is 19.7. The maximum absolute atomic E-state index is 13.3. The highest BCUT2D eigenvalue weighted by Gasteiger charge is 2.37. The number of alkyl halides is 3. The Morgan fingerprint density at radius 1 is 1.04 bits per heavy atom. The molecule has 1 saturated heterocycles. The third kappa shape index (κ3) is 4.72. The summed E-state index contributed by atoms with van der Waals surface area (Å²) in [6.07, 6.45) is -3.29. The summed E-state index contributed by atoms with van der Waals surface area (Å²) < 4.78 is 62.8. The van der Waals surface area contributed by atoms with E-state index in [0.717, 1.165) is 30.7 Å². The van der Waals surface area contributed by atoms with Crippen molar-refractivity contribution in [2.45, 2.75) is 30.0 Å². The van der Waals surface area contributed by atoms with Crippen LogP contribution in [0.15, 0.2) is 53.4 Å². The Hall–Kier alpha value is -2.26. The fourth-order valence-electron chi connectivity index (χ4n) is 3.24. The molecule has 0 aliphatic carbocycles. The molecule has 2 aromatic rings. The topological polar surface area (TPSA) is 75.4 Å². The molecule has 0 radical (unpaired) electrons. The Morgan fingerprint density at radius 2 is 1.67 bits per heavy atom. The van der Waals surface area contributed by atoms with Crippen molar-refractivity contribution in [1.29, 1.82) is 0 Å². The van der Waals surface area contributed by atoms with E-state index in [0.29, 0.717) is 18.8 Å². The first kappa shape index (κ1) is 19.5. The van der Waals surface area contributed by atoms with Gasteiger partial charge in [-0.05, 0) is 43.2 Å². The third-order valence-electron chi connectivity index (χ3n) is 4.58. The molecular weight excluding hydrogens is 379 g/mol. The molecule has 1 heterocycles. The summed E-state index contributed by atoms with van der Waals surface area (Å²) in [5.74, 6) is 0. The number of nitrogens with one attached hydrogen (secondary N) is 1. The number of primary sulfonamides is 1. The maximum Gasteiger partial charge on any atom is 0.417 e. The van der Waals surface area contributed by atoms with Gasteiger partial charge in [0.05, 0.1) is 10.5 Å². The second-order valence-corrected chi connectivity index (χ2v) is 8.02. The predicted octanol–water partition coefficient (Wildman–Crippen LogP) is 3.43. The predicted molar refractivity (Wildman–Crippen MR) is 98.1 cm³/mol. The Kier molecular flexibility index (Phi) is 5.34. The van der Waals surface area contributed by atoms with Crippen LogP contribution in [0.1, 0.15) is 18.4 Å². The summed E-state index contributed by atoms with van der Waals surface area (Å²) in [4.78, 5) is 0.921. The van der Waals surface area contributed by atoms with Crippen molar-refractivity contribution in [3.8, 4) is 0 Å². The summed E-state index contributed by atoms with van der Waals surface area (Å²) in [5, 5.41) is 8.34. The van der Waals surface area contributed by atoms with Crippen LogP contribution in [0.25, 0.3) is 0 Å². The third-order valence-corrected chi connectivity index (χ3v) is 5.55. The van der Waals surface area contributed by atoms with Crippen LogP contribution in [0.3, 0.4) is 0 Å². The lowest BCUT2D eigenvalue weighted by molar-refractivity contribution is -0.139. The molecule has 1 aliphatic heterocycles. The number of anilines is 2. The first-order chi connectivity index (χ1) is 12.6. The molecule has 146 valence electrons. The van der Waals surface area contributed by atoms with E-state index in [-0.39, 0.29) is 6.04 Å². The van der Waals surface area contributed by atoms with Gasteiger partial charge in [0.25, 0.3) is 0 Å². The quantitative estimate of drug-likeness (QED) is 0.826. The monoisotopic (exact) mass is 399 g/mol. The molecule has 3 N–H and O–H groups in total. The Bertz CT molecular complexity index is 894. The van der Waals surface area contributed by atoms with Gasteiger partial charge in [-0.25, -0.2) is 13.6 Å². The van der Waals surface area contributed by atoms with Crippen molar-refractivity contribution in [1.82, 2.24) is 0 Å². The highest BCUT2D eigenvalue weighted by molar-refractivity contribution is 7.89. The molecular formula is C18H20F3N3O2S. The second kappa shape index (κ2) is 7.40. The summed E-state index contributed by atoms with van der Waals surface area (Å²) in [6, 6.07) is 13.1. The van der Waals surface area contributed by atoms with E-state index in [1.54, 1.807) is 0 Å². The number of halogens is 3. The smallest absolute Gasteiger partial charge is 0.382 e. The van der Waals surface area contributed by atoms with Crippen molar-refractivity contribution in [3.63, 3.8) is 0 Å². The van der Waals surface area contributed by atoms with E-state index >= 15 is 0 Å². The van der Waals surface area contributed by atoms with Crippen molar-refractivity contribution in [3.05, 3.63) is 54.1 Å². The first-order valence-corrected chi connectivity index (χ1v) is 10.00. The average Bonchev–Trinajstić information content (AvgIpc) is 2.61. The van der Waals surface area contributed by atoms with Gasteiger partial charge in [0.1, 0.15) is 0 Å². The normalized spacial score (nSPS) is 16.4. The fourth-order valence-corrected chi connectivity index (χ4v) is 3.98. The summed E-state index contributed by atoms with van der Waals surface area (Å²) in [6.45, 7) is 1.13. The van der Waals surface area contributed by atoms with Crippen LogP contribution in [0.5, 0.6) is 0 Å². The van der Waals surface area contributed by atoms with Gasteiger partial charge in [-0.2, -0.15) is 13.2 Å². The van der Waals surface area contributed by atoms with Crippen molar-refractivity contribution in [2.75, 3.05) is 23.3 Å². The Balaban J connectivity index is 1.74. The number of rotatable bonds is 4. The summed E-state index contributed by atoms with van der Waals surface area (Å²) >= 11 is 0. The molecule has 3 rings (SSSR count). The Morgan fingerprint density at radius 3 is 2.22 bits per heavy atom. The number of hydrogen-bond donors (Lipinski definition) is 2. The largest absolute Gasteiger partial charge is 0.417 e. The number of nitrogens with zero attached hydrogens (tertiary/aromatic N) is 1. The van der Waals surface area contributed by atoms with Crippen LogP contribution < -0.4 is 15.4 Å². The van der Waals surface area contributed by atoms with Crippen LogP contribution in [-0.2, 0) is 16.2 Å². The number of sulfonamides is 1. The SMILES string of the molecule is NS(=O)(=O)c1ccc(N2CCC(Nc3ccccc3)CC2)cc1C(F)(F)F. The van der Waals surface area contributed by atoms with Gasteiger partial charge in [-0.15, -0.1) is 0 Å². The highest BCUT2D eigenvalue weighted by atomic mass is 32.2. The minimum absolute atomic E-state index is 0.231. The van der Waals surface area contributed by atoms with E-state index in [2.05, 4.69) is 5.32 Å². The molecule has 0 saturated carbocycles. The number of benzene rings is 2. The lowest BCUT2D eigenvalue weighted by atomic mass is 10.0. The zero-order valence-corrected chi connectivity index (χ0v) is 15.2. The van der Waals surface area contributed by atoms with Crippen LogP contribution in [0.2, 0.25) is 0 Å². The van der Waals surface area contributed by atoms with Crippen molar-refractivity contribution in [2.24, 2.45) is 5.14 Å². The lowest BCUT2D eigenvalue weighted by Crippen LogP contribution is -2.39. The van der Waals surface area contributed by atoms with E-state index in [9.17, 15) is 21.6 Å². The van der Waals surface area contributed by atoms with E-state index < -0.39 is 26.7 Å². The number of nitrogens with two attached hydrogens (primary N) is 1. The van der Waals surface area contributed by atoms with E-state index in [1.807, 2.05) is 35.2 Å². The molecule has 0 atom stereocenters. The minimum atomic E-state index is -4.80. The summed E-state index contributed by atoms with van der Waals surface area (Å²) in [5.41, 5.74) is 0.118. The molecule has 0 amide bonds. The molecule has 0 aromatic heterocycles. The molecule has 2 aromatic carbocycles. The maximum atomic E-state index is 13.3. The van der Waals surface area contributed by atoms with Crippen LogP contribution in [0, 0.1) is 0 Å². The fraction of sp³-hybridized carbons (Fsp3) is 0.333. The molecule has 27 heavy (non-hydrogen) atoms. The second-order valence-electron chi connectivity index (χ2n) is 6.49. The number of hydrogen-bond acceptors (Lipinski definition) is 4. The number of para-hydroxylation sites is 1. The highest BCUT2D eigenvalue weighted by Crippen LogP contribution is 2.36. The van der Waals surface area contributed by atoms with Gasteiger partial charge in [-0.3, -0.25) is 0 Å². The van der Waals surface area contributed by atoms with Gasteiger partial charge in [-0.1, -0.05) is 18.2 Å². The molecule has 9 heteroatoms. The van der Waals surface area contributed by atoms with E-state index in [1.165, 1.54) is 6.07 Å². The van der Waals surface area contributed by atoms with Crippen LogP contribution >= 0.6 is 0 Å². The average molecular weight is 399 g/mol. The lowest BCUT2D eigenvalue weighted by Gasteiger charge is -2.34. The van der Waals surface area contributed by atoms with Crippen LogP contribution in [-0.4, -0.2) is 27.5 Å². The molecule has 0 spiro atoms. The summed E-state index contributed by atoms with van der Waals surface area (Å²) in [7, 11) is -4.46. The molecule has 0 unspecified atom stereocenters. The zero-order valence-electron chi connectivity index (χ0n) is 14.4. The minimum Gasteiger partial charge on any atom is -0.382 e. The van der Waals surface area contributed by atoms with Crippen LogP contribution in [0.4, 0.5) is 24.5 Å². The number of piperidine rings is 1. The van der Waals surface area contributed by atoms with Gasteiger partial charge in [0.15, 0.2) is 0 Å². The van der Waals surface area contributed by atoms with Crippen molar-refractivity contribution < 1.29 is 21.6 Å². The molecule has 5 nitrogen and oxygen atoms in total. The molecule has 0 bridgehead atoms. The van der Waals surface area contributed by atoms with Gasteiger partial charge < -0.3 is 10.2 Å². The molecule has 1 fully saturated rings. The standard InChI is InChI=1S/C18H20F3N3O2S/c19-18(20,21)16-12-15(6-7-17(16)27(22,25)26)24-10-8-14(9-11-24)23-13-4-2-1-3-5-13/h1-7,12,14,23H,8-11H2,(H2,22,25,26). The van der Waals surface area contributed by atoms with E-state index in [4.69, 9.17) is 5.14 Å². The molecule has 1 aliphatic rings. The first-order valence-electron chi connectivity index (χ1n) is 8.45. The van der Waals surface area contributed by atoms with Crippen molar-refractivity contribution >= 4 is 21.4 Å². The van der Waals surface area contributed by atoms with Gasteiger partial charge in [0.2, 0.25) is 10.0 Å². The van der Waals surface area contributed by atoms with Gasteiger partial charge >= 0.3 is 6.18 Å². The Labute approximate surface area is 156 Å².